The first kappa shape index (κ1) is 27.1. The van der Waals surface area contributed by atoms with E-state index in [0.29, 0.717) is 0 Å². The minimum absolute atomic E-state index is 0. The number of hydrogen-bond donors (Lipinski definition) is 3. The van der Waals surface area contributed by atoms with Gasteiger partial charge < -0.3 is 21.0 Å². The molecule has 0 aliphatic carbocycles. The minimum atomic E-state index is -1.58. The Morgan fingerprint density at radius 1 is 0.833 bits per heavy atom. The number of carboxylic acid groups (broad SMARTS) is 3. The van der Waals surface area contributed by atoms with Crippen LogP contribution in [0.2, 0.25) is 0 Å². The molecule has 0 aliphatic heterocycles. The molecule has 0 aromatic carbocycles. The molecule has 0 aromatic heterocycles. The van der Waals surface area contributed by atoms with Crippen LogP contribution < -0.4 is 0 Å². The van der Waals surface area contributed by atoms with Crippen LogP contribution in [-0.2, 0) is 24.0 Å². The third kappa shape index (κ3) is 21.9. The largest absolute Gasteiger partial charge is 2.00 e. The molecule has 3 N–H and O–H groups in total. The van der Waals surface area contributed by atoms with E-state index in [1.165, 1.54) is 0 Å². The molecule has 0 unspecified atom stereocenters. The summed E-state index contributed by atoms with van der Waals surface area (Å²) in [6.07, 6.45) is -0.865. The van der Waals surface area contributed by atoms with Gasteiger partial charge in [-0.25, -0.2) is 9.59 Å². The van der Waals surface area contributed by atoms with Crippen LogP contribution in [0.15, 0.2) is 0 Å². The Labute approximate surface area is 182 Å². The Bertz CT molecular complexity index is 328. The molecule has 98 valence electrons. The fourth-order valence-corrected chi connectivity index (χ4v) is 0.327. The molecule has 0 rings (SSSR count). The van der Waals surface area contributed by atoms with Gasteiger partial charge in [0.05, 0.1) is 6.42 Å². The summed E-state index contributed by atoms with van der Waals surface area (Å²) in [5.41, 5.74) is 0. The average molecular weight is 413 g/mol. The maximum Gasteiger partial charge on any atom is 2.00 e. The summed E-state index contributed by atoms with van der Waals surface area (Å²) < 4.78 is 0. The molecule has 0 spiro atoms. The van der Waals surface area contributed by atoms with E-state index in [-0.39, 0.29) is 96.7 Å². The Balaban J connectivity index is -0.0000000248. The topological polar surface area (TPSA) is 146 Å². The first-order valence-electron chi connectivity index (χ1n) is 3.90. The van der Waals surface area contributed by atoms with E-state index in [0.717, 1.165) is 6.92 Å². The number of carbonyl (C=O) groups is 5. The monoisotopic (exact) mass is 414 g/mol. The summed E-state index contributed by atoms with van der Waals surface area (Å²) in [6.45, 7) is 1.00. The van der Waals surface area contributed by atoms with Crippen molar-refractivity contribution >= 4 is 120 Å². The first-order valence-corrected chi connectivity index (χ1v) is 3.90. The molecule has 0 amide bonds. The second kappa shape index (κ2) is 15.8. The number of ketones is 2. The van der Waals surface area contributed by atoms with Crippen LogP contribution in [0.1, 0.15) is 25.5 Å². The molecule has 0 heterocycles. The molecule has 10 heteroatoms. The van der Waals surface area contributed by atoms with E-state index >= 15 is 0 Å². The number of Topliss-reactive ketones (excluding diaryl/α,β-unsaturated/α-hetero) is 2. The fraction of sp³-hybridized carbons (Fsp3) is 0.375. The summed E-state index contributed by atoms with van der Waals surface area (Å²) in [4.78, 5) is 48.6. The number of carboxylic acids is 3. The Hall–Kier alpha value is 0.711. The molecular weight excluding hydrogens is 399 g/mol. The summed E-state index contributed by atoms with van der Waals surface area (Å²) in [5.74, 6) is -6.02. The van der Waals surface area contributed by atoms with Crippen LogP contribution in [-0.4, -0.2) is 136 Å². The summed E-state index contributed by atoms with van der Waals surface area (Å²) in [7, 11) is 0. The summed E-state index contributed by atoms with van der Waals surface area (Å²) in [6, 6.07) is 0. The van der Waals surface area contributed by atoms with Gasteiger partial charge in [0.2, 0.25) is 11.6 Å². The van der Waals surface area contributed by atoms with Crippen molar-refractivity contribution in [1.82, 2.24) is 0 Å². The van der Waals surface area contributed by atoms with Crippen LogP contribution >= 0.6 is 0 Å². The molecule has 8 nitrogen and oxygen atoms in total. The van der Waals surface area contributed by atoms with Gasteiger partial charge in [0.15, 0.2) is 0 Å². The van der Waals surface area contributed by atoms with Crippen molar-refractivity contribution in [1.29, 1.82) is 0 Å². The van der Waals surface area contributed by atoms with E-state index in [4.69, 9.17) is 15.3 Å². The second-order valence-corrected chi connectivity index (χ2v) is 2.48. The van der Waals surface area contributed by atoms with Crippen LogP contribution in [0.5, 0.6) is 0 Å². The zero-order chi connectivity index (χ0) is 13.3. The predicted octanol–water partition coefficient (Wildman–Crippen LogP) is -1.15. The molecular formula is C8H14O8Sr2. The normalized spacial score (nSPS) is 7.39. The van der Waals surface area contributed by atoms with Crippen LogP contribution in [0.25, 0.3) is 0 Å². The van der Waals surface area contributed by atoms with Crippen molar-refractivity contribution in [2.75, 3.05) is 0 Å². The average Bonchev–Trinajstić information content (AvgIpc) is 2.14. The molecule has 0 saturated carbocycles. The van der Waals surface area contributed by atoms with E-state index in [1.807, 2.05) is 0 Å². The second-order valence-electron chi connectivity index (χ2n) is 2.48. The number of carbonyl (C=O) groups excluding carboxylic acids is 2. The van der Waals surface area contributed by atoms with Gasteiger partial charge in [0.25, 0.3) is 0 Å². The van der Waals surface area contributed by atoms with Gasteiger partial charge in [-0.05, 0) is 0 Å². The molecule has 0 atom stereocenters. The molecule has 0 radical (unpaired) electrons. The maximum atomic E-state index is 10.2. The zero-order valence-electron chi connectivity index (χ0n) is 13.7. The van der Waals surface area contributed by atoms with Crippen molar-refractivity contribution in [3.63, 3.8) is 0 Å². The maximum absolute atomic E-state index is 10.2. The number of aliphatic carboxylic acids is 3. The molecule has 0 bridgehead atoms. The minimum Gasteiger partial charge on any atom is -1.00 e. The number of rotatable bonds is 5. The predicted molar refractivity (Wildman–Crippen MR) is 63.8 cm³/mol. The van der Waals surface area contributed by atoms with Crippen LogP contribution in [0.3, 0.4) is 0 Å². The van der Waals surface area contributed by atoms with Crippen LogP contribution in [0, 0.1) is 0 Å². The Morgan fingerprint density at radius 3 is 1.33 bits per heavy atom. The van der Waals surface area contributed by atoms with Crippen molar-refractivity contribution in [2.45, 2.75) is 19.8 Å². The van der Waals surface area contributed by atoms with Gasteiger partial charge in [-0.2, -0.15) is 0 Å². The summed E-state index contributed by atoms with van der Waals surface area (Å²) >= 11 is 0. The SMILES string of the molecule is CC(=O)C(=O)O.O=C(O)CCC(=O)C(=O)O.[H-].[H-].[H-].[H-].[Sr+2].[Sr+2]. The Morgan fingerprint density at radius 2 is 1.17 bits per heavy atom. The van der Waals surface area contributed by atoms with Crippen molar-refractivity contribution in [2.24, 2.45) is 0 Å². The van der Waals surface area contributed by atoms with Crippen molar-refractivity contribution in [3.8, 4) is 0 Å². The van der Waals surface area contributed by atoms with Gasteiger partial charge in [-0.15, -0.1) is 0 Å². The molecule has 0 aromatic rings. The third-order valence-corrected chi connectivity index (χ3v) is 1.11. The van der Waals surface area contributed by atoms with E-state index in [2.05, 4.69) is 0 Å². The molecule has 18 heavy (non-hydrogen) atoms. The van der Waals surface area contributed by atoms with Gasteiger partial charge in [0.1, 0.15) is 0 Å². The van der Waals surface area contributed by atoms with Gasteiger partial charge in [-0.1, -0.05) is 0 Å². The van der Waals surface area contributed by atoms with E-state index in [9.17, 15) is 24.0 Å². The van der Waals surface area contributed by atoms with Crippen LogP contribution in [0.4, 0.5) is 0 Å². The summed E-state index contributed by atoms with van der Waals surface area (Å²) in [5, 5.41) is 23.6. The van der Waals surface area contributed by atoms with Gasteiger partial charge >= 0.3 is 109 Å². The van der Waals surface area contributed by atoms with Crippen molar-refractivity contribution in [3.05, 3.63) is 0 Å². The van der Waals surface area contributed by atoms with Crippen molar-refractivity contribution < 1.29 is 45.0 Å². The van der Waals surface area contributed by atoms with E-state index < -0.39 is 42.3 Å². The molecule has 0 aliphatic rings. The molecule has 0 fully saturated rings. The zero-order valence-corrected chi connectivity index (χ0v) is 16.7. The smallest absolute Gasteiger partial charge is 1.00 e. The number of hydrogen-bond acceptors (Lipinski definition) is 5. The fourth-order valence-electron chi connectivity index (χ4n) is 0.327. The first-order chi connectivity index (χ1) is 7.18. The quantitative estimate of drug-likeness (QED) is 0.378. The Kier molecular flexibility index (Phi) is 23.8. The standard InChI is InChI=1S/C5H6O5.C3H4O3.2Sr.4H/c6-3(5(9)10)1-2-4(7)8;1-2(4)3(5)6;;;;;;/h1-2H2,(H,7,8)(H,9,10);1H3,(H,5,6);;;;;;/q;;2*+2;4*-1. The molecule has 0 saturated heterocycles. The van der Waals surface area contributed by atoms with E-state index in [1.54, 1.807) is 0 Å². The van der Waals surface area contributed by atoms with Gasteiger partial charge in [-0.3, -0.25) is 14.4 Å². The van der Waals surface area contributed by atoms with Gasteiger partial charge in [0, 0.05) is 13.3 Å². The third-order valence-electron chi connectivity index (χ3n) is 1.11.